The van der Waals surface area contributed by atoms with Gasteiger partial charge < -0.3 is 14.6 Å². The van der Waals surface area contributed by atoms with E-state index in [1.54, 1.807) is 12.3 Å². The van der Waals surface area contributed by atoms with E-state index < -0.39 is 0 Å². The lowest BCUT2D eigenvalue weighted by Gasteiger charge is -2.27. The van der Waals surface area contributed by atoms with Gasteiger partial charge in [-0.25, -0.2) is 0 Å². The van der Waals surface area contributed by atoms with E-state index in [1.165, 1.54) is 0 Å². The third kappa shape index (κ3) is 4.13. The van der Waals surface area contributed by atoms with Crippen LogP contribution in [-0.4, -0.2) is 21.5 Å². The van der Waals surface area contributed by atoms with Crippen LogP contribution in [0, 0.1) is 5.92 Å². The smallest absolute Gasteiger partial charge is 0.170 e. The molecule has 3 aromatic rings. The fourth-order valence-electron chi connectivity index (χ4n) is 3.62. The van der Waals surface area contributed by atoms with E-state index in [0.717, 1.165) is 29.3 Å². The fraction of sp³-hybridized carbons (Fsp3) is 0.273. The van der Waals surface area contributed by atoms with Gasteiger partial charge in [-0.05, 0) is 60.6 Å². The summed E-state index contributed by atoms with van der Waals surface area (Å²) in [5, 5.41) is 5.17. The maximum atomic E-state index is 6.29. The Morgan fingerprint density at radius 3 is 2.66 bits per heavy atom. The van der Waals surface area contributed by atoms with Crippen molar-refractivity contribution in [1.82, 2.24) is 15.2 Å². The molecule has 29 heavy (non-hydrogen) atoms. The zero-order valence-corrected chi connectivity index (χ0v) is 18.4. The standard InChI is InChI=1S/C22H21Cl2N3OS/c1-13(2)12-27-21(20(26-22(27)29)17-5-3-4-10-25-17)19-9-8-18(28-19)14-6-7-15(23)16(24)11-14/h3-11,13,20-21H,12H2,1-2H3,(H,26,29)/t20-,21+/m0/s1. The highest BCUT2D eigenvalue weighted by Gasteiger charge is 2.41. The SMILES string of the molecule is CC(C)CN1C(=S)N[C@@H](c2ccccn2)[C@H]1c1ccc(-c2ccc(Cl)c(Cl)c2)o1. The monoisotopic (exact) mass is 445 g/mol. The topological polar surface area (TPSA) is 41.3 Å². The molecule has 4 nitrogen and oxygen atoms in total. The molecule has 150 valence electrons. The Labute approximate surface area is 185 Å². The van der Waals surface area contributed by atoms with E-state index in [-0.39, 0.29) is 12.1 Å². The number of nitrogens with zero attached hydrogens (tertiary/aromatic N) is 2. The molecule has 4 rings (SSSR count). The van der Waals surface area contributed by atoms with E-state index in [2.05, 4.69) is 29.0 Å². The Kier molecular flexibility index (Phi) is 5.81. The molecule has 1 aliphatic heterocycles. The van der Waals surface area contributed by atoms with Crippen molar-refractivity contribution < 1.29 is 4.42 Å². The number of hydrogen-bond donors (Lipinski definition) is 1. The van der Waals surface area contributed by atoms with Crippen LogP contribution in [0.5, 0.6) is 0 Å². The van der Waals surface area contributed by atoms with Crippen LogP contribution >= 0.6 is 35.4 Å². The molecule has 0 aliphatic carbocycles. The molecule has 0 spiro atoms. The summed E-state index contributed by atoms with van der Waals surface area (Å²) in [5.41, 5.74) is 1.81. The first kappa shape index (κ1) is 20.2. The van der Waals surface area contributed by atoms with Crippen LogP contribution in [0.15, 0.2) is 59.1 Å². The first-order chi connectivity index (χ1) is 13.9. The third-order valence-electron chi connectivity index (χ3n) is 4.88. The number of nitrogens with one attached hydrogen (secondary N) is 1. The summed E-state index contributed by atoms with van der Waals surface area (Å²) in [4.78, 5) is 6.74. The Morgan fingerprint density at radius 2 is 1.97 bits per heavy atom. The summed E-state index contributed by atoms with van der Waals surface area (Å²) in [6, 6.07) is 15.2. The van der Waals surface area contributed by atoms with Gasteiger partial charge in [0.1, 0.15) is 17.6 Å². The molecule has 1 aromatic carbocycles. The highest BCUT2D eigenvalue weighted by Crippen LogP contribution is 2.41. The predicted molar refractivity (Wildman–Crippen MR) is 121 cm³/mol. The second-order valence-electron chi connectivity index (χ2n) is 7.50. The number of benzene rings is 1. The summed E-state index contributed by atoms with van der Waals surface area (Å²) in [7, 11) is 0. The summed E-state index contributed by atoms with van der Waals surface area (Å²) in [5.74, 6) is 2.01. The minimum absolute atomic E-state index is 0.0867. The van der Waals surface area contributed by atoms with Gasteiger partial charge in [-0.3, -0.25) is 4.98 Å². The van der Waals surface area contributed by atoms with Crippen molar-refractivity contribution in [2.45, 2.75) is 25.9 Å². The zero-order chi connectivity index (χ0) is 20.5. The van der Waals surface area contributed by atoms with Gasteiger partial charge in [0.15, 0.2) is 5.11 Å². The van der Waals surface area contributed by atoms with Crippen LogP contribution < -0.4 is 5.32 Å². The highest BCUT2D eigenvalue weighted by atomic mass is 35.5. The van der Waals surface area contributed by atoms with Crippen LogP contribution in [0.25, 0.3) is 11.3 Å². The van der Waals surface area contributed by atoms with Crippen molar-refractivity contribution in [3.63, 3.8) is 0 Å². The van der Waals surface area contributed by atoms with Crippen molar-refractivity contribution in [3.05, 3.63) is 76.2 Å². The van der Waals surface area contributed by atoms with Gasteiger partial charge in [-0.2, -0.15) is 0 Å². The predicted octanol–water partition coefficient (Wildman–Crippen LogP) is 6.28. The largest absolute Gasteiger partial charge is 0.459 e. The summed E-state index contributed by atoms with van der Waals surface area (Å²) in [6.07, 6.45) is 1.80. The molecule has 0 amide bonds. The highest BCUT2D eigenvalue weighted by molar-refractivity contribution is 7.80. The third-order valence-corrected chi connectivity index (χ3v) is 5.97. The van der Waals surface area contributed by atoms with Crippen LogP contribution in [0.4, 0.5) is 0 Å². The van der Waals surface area contributed by atoms with Crippen LogP contribution in [-0.2, 0) is 0 Å². The summed E-state index contributed by atoms with van der Waals surface area (Å²) < 4.78 is 6.29. The molecule has 1 saturated heterocycles. The lowest BCUT2D eigenvalue weighted by molar-refractivity contribution is 0.253. The number of hydrogen-bond acceptors (Lipinski definition) is 3. The van der Waals surface area contributed by atoms with Crippen LogP contribution in [0.2, 0.25) is 10.0 Å². The number of aromatic nitrogens is 1. The molecule has 1 fully saturated rings. The Hall–Kier alpha value is -2.08. The van der Waals surface area contributed by atoms with Crippen LogP contribution in [0.3, 0.4) is 0 Å². The Balaban J connectivity index is 1.73. The quantitative estimate of drug-likeness (QED) is 0.468. The molecule has 3 heterocycles. The van der Waals surface area contributed by atoms with Gasteiger partial charge in [0.25, 0.3) is 0 Å². The molecule has 2 aromatic heterocycles. The summed E-state index contributed by atoms with van der Waals surface area (Å²) >= 11 is 17.9. The minimum Gasteiger partial charge on any atom is -0.459 e. The number of thiocarbonyl (C=S) groups is 1. The van der Waals surface area contributed by atoms with Gasteiger partial charge in [-0.1, -0.05) is 43.1 Å². The van der Waals surface area contributed by atoms with Gasteiger partial charge in [0.05, 0.1) is 21.8 Å². The van der Waals surface area contributed by atoms with E-state index >= 15 is 0 Å². The van der Waals surface area contributed by atoms with E-state index in [0.29, 0.717) is 21.1 Å². The van der Waals surface area contributed by atoms with Gasteiger partial charge in [0.2, 0.25) is 0 Å². The van der Waals surface area contributed by atoms with Gasteiger partial charge in [0, 0.05) is 18.3 Å². The molecule has 0 saturated carbocycles. The average molecular weight is 446 g/mol. The second kappa shape index (κ2) is 8.34. The van der Waals surface area contributed by atoms with E-state index in [9.17, 15) is 0 Å². The molecule has 0 unspecified atom stereocenters. The zero-order valence-electron chi connectivity index (χ0n) is 16.1. The first-order valence-corrected chi connectivity index (χ1v) is 10.6. The van der Waals surface area contributed by atoms with Crippen LogP contribution in [0.1, 0.15) is 37.4 Å². The Bertz CT molecular complexity index is 1020. The fourth-order valence-corrected chi connectivity index (χ4v) is 4.23. The minimum atomic E-state index is -0.0877. The molecule has 7 heteroatoms. The van der Waals surface area contributed by atoms with E-state index in [1.807, 2.05) is 42.5 Å². The Morgan fingerprint density at radius 1 is 1.14 bits per heavy atom. The number of furan rings is 1. The first-order valence-electron chi connectivity index (χ1n) is 9.47. The number of rotatable bonds is 5. The van der Waals surface area contributed by atoms with Gasteiger partial charge >= 0.3 is 0 Å². The normalized spacial score (nSPS) is 19.1. The van der Waals surface area contributed by atoms with Crippen molar-refractivity contribution in [3.8, 4) is 11.3 Å². The molecule has 0 bridgehead atoms. The van der Waals surface area contributed by atoms with Crippen molar-refractivity contribution in [1.29, 1.82) is 0 Å². The molecule has 1 N–H and O–H groups in total. The molecular formula is C22H21Cl2N3OS. The van der Waals surface area contributed by atoms with Crippen molar-refractivity contribution in [2.24, 2.45) is 5.92 Å². The molecule has 2 atom stereocenters. The van der Waals surface area contributed by atoms with E-state index in [4.69, 9.17) is 39.8 Å². The number of pyridine rings is 1. The lowest BCUT2D eigenvalue weighted by Crippen LogP contribution is -2.32. The lowest BCUT2D eigenvalue weighted by atomic mass is 10.0. The average Bonchev–Trinajstić information content (AvgIpc) is 3.30. The second-order valence-corrected chi connectivity index (χ2v) is 8.70. The van der Waals surface area contributed by atoms with Crippen molar-refractivity contribution >= 4 is 40.5 Å². The van der Waals surface area contributed by atoms with Gasteiger partial charge in [-0.15, -0.1) is 0 Å². The molecular weight excluding hydrogens is 425 g/mol. The summed E-state index contributed by atoms with van der Waals surface area (Å²) in [6.45, 7) is 5.18. The number of halogens is 2. The molecule has 0 radical (unpaired) electrons. The van der Waals surface area contributed by atoms with Crippen molar-refractivity contribution in [2.75, 3.05) is 6.54 Å². The maximum absolute atomic E-state index is 6.29. The molecule has 1 aliphatic rings. The maximum Gasteiger partial charge on any atom is 0.170 e.